The van der Waals surface area contributed by atoms with Crippen LogP contribution in [0.5, 0.6) is 0 Å². The molecular weight excluding hydrogens is 1180 g/mol. The monoisotopic (exact) mass is 1290 g/mol. The van der Waals surface area contributed by atoms with Gasteiger partial charge in [0.15, 0.2) is 5.78 Å². The van der Waals surface area contributed by atoms with Crippen molar-refractivity contribution in [3.8, 4) is 11.8 Å². The summed E-state index contributed by atoms with van der Waals surface area (Å²) in [6.45, 7) is 15.9. The van der Waals surface area contributed by atoms with Gasteiger partial charge in [-0.05, 0) is 70.6 Å². The Kier molecular flexibility index (Phi) is 47.2. The number of ketones is 2. The third-order valence-electron chi connectivity index (χ3n) is 14.6. The molecule has 5 atom stereocenters. The van der Waals surface area contributed by atoms with Crippen LogP contribution in [0, 0.1) is 23.7 Å². The zero-order valence-electron chi connectivity index (χ0n) is 56.5. The van der Waals surface area contributed by atoms with Gasteiger partial charge in [-0.1, -0.05) is 52.9 Å². The van der Waals surface area contributed by atoms with E-state index in [0.29, 0.717) is 143 Å². The van der Waals surface area contributed by atoms with Gasteiger partial charge in [-0.2, -0.15) is 5.10 Å². The van der Waals surface area contributed by atoms with Crippen LogP contribution in [-0.4, -0.2) is 254 Å². The lowest BCUT2D eigenvalue weighted by molar-refractivity contribution is -0.870. The molecule has 0 aliphatic heterocycles. The Balaban J connectivity index is 1.73. The molecule has 0 aromatic carbocycles. The molecule has 7 N–H and O–H groups in total. The number of hydrogen-bond donors (Lipinski definition) is 6. The highest BCUT2D eigenvalue weighted by molar-refractivity contribution is 6.44. The molecule has 0 heterocycles. The van der Waals surface area contributed by atoms with E-state index in [1.165, 1.54) is 0 Å². The van der Waals surface area contributed by atoms with E-state index in [-0.39, 0.29) is 93.7 Å². The van der Waals surface area contributed by atoms with Gasteiger partial charge in [0.1, 0.15) is 49.0 Å². The molecule has 2 rings (SSSR count). The van der Waals surface area contributed by atoms with Gasteiger partial charge in [-0.3, -0.25) is 38.6 Å². The highest BCUT2D eigenvalue weighted by atomic mass is 16.6. The van der Waals surface area contributed by atoms with E-state index >= 15 is 0 Å². The van der Waals surface area contributed by atoms with Crippen molar-refractivity contribution in [2.24, 2.45) is 27.8 Å². The van der Waals surface area contributed by atoms with Crippen LogP contribution >= 0.6 is 0 Å². The lowest BCUT2D eigenvalue weighted by Crippen LogP contribution is -2.57. The van der Waals surface area contributed by atoms with Crippen LogP contribution in [0.1, 0.15) is 144 Å². The van der Waals surface area contributed by atoms with E-state index in [0.717, 1.165) is 74.5 Å². The predicted molar refractivity (Wildman–Crippen MR) is 346 cm³/mol. The highest BCUT2D eigenvalue weighted by Crippen LogP contribution is 2.18. The Hall–Kier alpha value is -5.05. The van der Waals surface area contributed by atoms with Crippen LogP contribution in [0.25, 0.3) is 0 Å². The first-order valence-electron chi connectivity index (χ1n) is 33.3. The average molecular weight is 1300 g/mol. The van der Waals surface area contributed by atoms with Crippen molar-refractivity contribution in [2.45, 2.75) is 174 Å². The maximum Gasteiger partial charge on any atom is 0.246 e. The number of Topliss-reactive ketones (excluding diaryl/α,β-unsaturated/α-hetero) is 2. The van der Waals surface area contributed by atoms with E-state index in [1.807, 2.05) is 0 Å². The first-order valence-corrected chi connectivity index (χ1v) is 33.3. The summed E-state index contributed by atoms with van der Waals surface area (Å²) in [6.07, 6.45) is 11.2. The van der Waals surface area contributed by atoms with Crippen molar-refractivity contribution >= 4 is 52.5 Å². The molecule has 91 heavy (non-hydrogen) atoms. The zero-order chi connectivity index (χ0) is 66.7. The summed E-state index contributed by atoms with van der Waals surface area (Å²) in [5, 5.41) is 18.1. The fourth-order valence-corrected chi connectivity index (χ4v) is 9.44. The molecule has 5 amide bonds. The van der Waals surface area contributed by atoms with Crippen molar-refractivity contribution in [3.63, 3.8) is 0 Å². The minimum Gasteiger partial charge on any atom is -0.379 e. The summed E-state index contributed by atoms with van der Waals surface area (Å²) in [5.74, 6) is 9.48. The van der Waals surface area contributed by atoms with E-state index in [4.69, 9.17) is 58.2 Å². The number of ether oxygens (including phenoxy) is 10. The summed E-state index contributed by atoms with van der Waals surface area (Å²) in [5.41, 5.74) is 1.23. The number of quaternary nitrogens is 1. The van der Waals surface area contributed by atoms with Crippen molar-refractivity contribution in [1.82, 2.24) is 26.6 Å². The number of carbonyl (C=O) groups excluding carboxylic acids is 7. The molecule has 2 aliphatic carbocycles. The van der Waals surface area contributed by atoms with Crippen LogP contribution in [0.15, 0.2) is 10.1 Å². The Morgan fingerprint density at radius 3 is 1.74 bits per heavy atom. The predicted octanol–water partition coefficient (Wildman–Crippen LogP) is 3.17. The smallest absolute Gasteiger partial charge is 0.246 e. The summed E-state index contributed by atoms with van der Waals surface area (Å²) in [7, 11) is 6.35. The Bertz CT molecular complexity index is 2170. The van der Waals surface area contributed by atoms with Gasteiger partial charge >= 0.3 is 0 Å². The maximum absolute atomic E-state index is 13.9. The normalized spacial score (nSPS) is 17.4. The van der Waals surface area contributed by atoms with Crippen molar-refractivity contribution in [2.75, 3.05) is 166 Å². The lowest BCUT2D eigenvalue weighted by atomic mass is 9.95. The second-order valence-electron chi connectivity index (χ2n) is 24.4. The summed E-state index contributed by atoms with van der Waals surface area (Å²) in [6, 6.07) is -2.77. The molecule has 1 saturated carbocycles. The molecule has 1 fully saturated rings. The maximum atomic E-state index is 13.9. The van der Waals surface area contributed by atoms with Crippen LogP contribution < -0.4 is 32.4 Å². The number of amides is 5. The summed E-state index contributed by atoms with van der Waals surface area (Å²) >= 11 is 0. The van der Waals surface area contributed by atoms with Crippen molar-refractivity contribution in [3.05, 3.63) is 0 Å². The van der Waals surface area contributed by atoms with E-state index < -0.39 is 42.0 Å². The number of unbranched alkanes of at least 4 members (excludes halogenated alkanes) is 1. The summed E-state index contributed by atoms with van der Waals surface area (Å²) in [4.78, 5) is 95.1. The third-order valence-corrected chi connectivity index (χ3v) is 14.6. The molecule has 26 heteroatoms. The van der Waals surface area contributed by atoms with Gasteiger partial charge in [0.05, 0.1) is 152 Å². The second kappa shape index (κ2) is 52.3. The van der Waals surface area contributed by atoms with Gasteiger partial charge in [-0.15, -0.1) is 5.92 Å². The molecule has 26 nitrogen and oxygen atoms in total. The Morgan fingerprint density at radius 2 is 1.13 bits per heavy atom. The Labute approximate surface area is 542 Å². The number of nitrogens with zero attached hydrogens (tertiary/aromatic N) is 3. The number of carbonyl (C=O) groups is 7. The largest absolute Gasteiger partial charge is 0.379 e. The first kappa shape index (κ1) is 82.0. The molecule has 0 spiro atoms. The minimum absolute atomic E-state index is 0.0290. The topological polar surface area (TPSA) is 323 Å². The zero-order valence-corrected chi connectivity index (χ0v) is 56.5. The van der Waals surface area contributed by atoms with Crippen molar-refractivity contribution < 1.29 is 85.4 Å². The SMILES string of the molecule is CC(C)C(=O)[C@H](C)NC(=O)[C@@H](NC(=O)[C@@H](CCCCNC(=O)COC1CCCCCC(=NCCOCCOCCOCCOCCC(=O)CCC[N+](C)(C)C)C1=NN)NC(=O)CCOCCOCCOCCOCCNC(=O)COC1C#CCCCCC1)C(C)C. The molecule has 0 aromatic rings. The van der Waals surface area contributed by atoms with Gasteiger partial charge < -0.3 is 84.3 Å². The van der Waals surface area contributed by atoms with E-state index in [1.54, 1.807) is 34.6 Å². The molecule has 2 unspecified atom stereocenters. The number of hydrazone groups is 1. The number of aliphatic imine (C=N–C) groups is 1. The highest BCUT2D eigenvalue weighted by Gasteiger charge is 2.31. The lowest BCUT2D eigenvalue weighted by Gasteiger charge is -2.27. The number of nitrogens with one attached hydrogen (secondary N) is 5. The molecule has 0 aromatic heterocycles. The van der Waals surface area contributed by atoms with Gasteiger partial charge in [0.2, 0.25) is 29.5 Å². The molecule has 0 saturated heterocycles. The fraction of sp³-hybridized carbons (Fsp3) is 0.831. The quantitative estimate of drug-likeness (QED) is 0.0167. The van der Waals surface area contributed by atoms with E-state index in [9.17, 15) is 33.6 Å². The van der Waals surface area contributed by atoms with Crippen LogP contribution in [0.2, 0.25) is 0 Å². The van der Waals surface area contributed by atoms with Gasteiger partial charge in [0.25, 0.3) is 0 Å². The minimum atomic E-state index is -1.02. The van der Waals surface area contributed by atoms with E-state index in [2.05, 4.69) is 64.7 Å². The number of nitrogens with two attached hydrogens (primary N) is 1. The van der Waals surface area contributed by atoms with Crippen LogP contribution in [0.4, 0.5) is 0 Å². The van der Waals surface area contributed by atoms with Gasteiger partial charge in [-0.25, -0.2) is 0 Å². The molecule has 0 radical (unpaired) electrons. The summed E-state index contributed by atoms with van der Waals surface area (Å²) < 4.78 is 57.3. The molecule has 2 aliphatic rings. The average Bonchev–Trinajstić information content (AvgIpc) is 1.45. The van der Waals surface area contributed by atoms with Gasteiger partial charge in [0, 0.05) is 51.1 Å². The fourth-order valence-electron chi connectivity index (χ4n) is 9.44. The second-order valence-corrected chi connectivity index (χ2v) is 24.4. The number of hydrogen-bond acceptors (Lipinski definition) is 20. The molecular formula is C65H116N9O17+. The molecule has 522 valence electrons. The van der Waals surface area contributed by atoms with Crippen LogP contribution in [-0.2, 0) is 80.9 Å². The number of rotatable bonds is 53. The molecule has 0 bridgehead atoms. The Morgan fingerprint density at radius 1 is 0.571 bits per heavy atom. The third kappa shape index (κ3) is 43.5. The van der Waals surface area contributed by atoms with Crippen molar-refractivity contribution in [1.29, 1.82) is 0 Å². The first-order chi connectivity index (χ1) is 43.8. The standard InChI is InChI=1S/C65H115N9O17/c1-50(2)61(65(81)70-52(5)63(79)51(3)4)72-64(80)56(71-58(76)27-33-83-37-41-87-45-47-89-43-39-85-35-30-69-59(77)48-90-54-21-13-10-9-11-14-22-54)24-17-18-28-68-60(78)49-91-57-25-16-12-15-23-55(62(57)73-66)67-29-34-84-38-42-88-46-44-86-40-36-82-32-26-53(75)20-19-31-74(6,7)8/h50-52,54,56-57,61H,9-13,15-21,23-49H2,1-8H3,(H6-,66,67,68,69,70,71,72,76,77,78,80,81)/p+1/t52-,54?,56+,57?,61-/m0/s1. The van der Waals surface area contributed by atoms with Crippen LogP contribution in [0.3, 0.4) is 0 Å².